The predicted octanol–water partition coefficient (Wildman–Crippen LogP) is 5.58. The summed E-state index contributed by atoms with van der Waals surface area (Å²) in [7, 11) is 0. The summed E-state index contributed by atoms with van der Waals surface area (Å²) in [5.74, 6) is -0.667. The van der Waals surface area contributed by atoms with Crippen LogP contribution < -0.4 is 4.90 Å². The van der Waals surface area contributed by atoms with E-state index in [2.05, 4.69) is 15.1 Å². The molecule has 3 aromatic heterocycles. The van der Waals surface area contributed by atoms with Crippen LogP contribution in [0, 0.1) is 12.7 Å². The maximum Gasteiger partial charge on any atom is 0.259 e. The number of nitrogens with zero attached hydrogens (tertiary/aromatic N) is 4. The van der Waals surface area contributed by atoms with Gasteiger partial charge in [-0.2, -0.15) is 0 Å². The van der Waals surface area contributed by atoms with Crippen molar-refractivity contribution in [3.63, 3.8) is 0 Å². The standard InChI is InChI=1S/C26H19FN4O2/c1-17-24-22(15-23(29-25(24)33-30-17)18-7-3-2-4-8-18)26(32)31(16-20-9-5-6-14-28-20)21-12-10-19(27)11-13-21/h2-15H,16H2,1H3. The number of amides is 1. The van der Waals surface area contributed by atoms with E-state index in [0.717, 1.165) is 5.56 Å². The fourth-order valence-corrected chi connectivity index (χ4v) is 3.72. The van der Waals surface area contributed by atoms with Crippen LogP contribution in [0.3, 0.4) is 0 Å². The maximum absolute atomic E-state index is 14.0. The number of halogens is 1. The summed E-state index contributed by atoms with van der Waals surface area (Å²) in [5, 5.41) is 4.58. The fourth-order valence-electron chi connectivity index (χ4n) is 3.72. The lowest BCUT2D eigenvalue weighted by Gasteiger charge is -2.23. The molecule has 33 heavy (non-hydrogen) atoms. The van der Waals surface area contributed by atoms with Gasteiger partial charge in [0.1, 0.15) is 5.82 Å². The van der Waals surface area contributed by atoms with Crippen molar-refractivity contribution >= 4 is 22.7 Å². The van der Waals surface area contributed by atoms with Crippen LogP contribution in [0.2, 0.25) is 0 Å². The molecule has 162 valence electrons. The lowest BCUT2D eigenvalue weighted by molar-refractivity contribution is 0.0986. The van der Waals surface area contributed by atoms with Crippen LogP contribution in [0.25, 0.3) is 22.4 Å². The molecule has 0 aliphatic carbocycles. The molecule has 0 N–H and O–H groups in total. The number of aryl methyl sites for hydroxylation is 1. The summed E-state index contributed by atoms with van der Waals surface area (Å²) in [4.78, 5) is 24.5. The zero-order valence-corrected chi connectivity index (χ0v) is 17.8. The summed E-state index contributed by atoms with van der Waals surface area (Å²) in [6, 6.07) is 22.6. The number of hydrogen-bond acceptors (Lipinski definition) is 5. The third kappa shape index (κ3) is 4.08. The van der Waals surface area contributed by atoms with Gasteiger partial charge in [-0.1, -0.05) is 41.6 Å². The van der Waals surface area contributed by atoms with Crippen molar-refractivity contribution < 1.29 is 13.7 Å². The van der Waals surface area contributed by atoms with Crippen LogP contribution >= 0.6 is 0 Å². The third-order valence-electron chi connectivity index (χ3n) is 5.35. The van der Waals surface area contributed by atoms with Gasteiger partial charge >= 0.3 is 0 Å². The second-order valence-electron chi connectivity index (χ2n) is 7.56. The van der Waals surface area contributed by atoms with Crippen molar-refractivity contribution in [3.05, 3.63) is 108 Å². The molecular weight excluding hydrogens is 419 g/mol. The molecule has 0 unspecified atom stereocenters. The molecule has 6 nitrogen and oxygen atoms in total. The number of benzene rings is 2. The molecule has 0 fully saturated rings. The SMILES string of the molecule is Cc1noc2nc(-c3ccccc3)cc(C(=O)N(Cc3ccccn3)c3ccc(F)cc3)c12. The molecule has 0 aliphatic rings. The first kappa shape index (κ1) is 20.5. The van der Waals surface area contributed by atoms with Gasteiger partial charge in [-0.25, -0.2) is 9.37 Å². The van der Waals surface area contributed by atoms with Crippen molar-refractivity contribution in [1.29, 1.82) is 0 Å². The van der Waals surface area contributed by atoms with Crippen molar-refractivity contribution in [3.8, 4) is 11.3 Å². The zero-order chi connectivity index (χ0) is 22.8. The van der Waals surface area contributed by atoms with E-state index in [1.807, 2.05) is 48.5 Å². The molecule has 3 heterocycles. The van der Waals surface area contributed by atoms with Gasteiger partial charge in [-0.05, 0) is 49.4 Å². The van der Waals surface area contributed by atoms with E-state index >= 15 is 0 Å². The Morgan fingerprint density at radius 2 is 1.76 bits per heavy atom. The highest BCUT2D eigenvalue weighted by Gasteiger charge is 2.25. The number of pyridine rings is 2. The average molecular weight is 438 g/mol. The summed E-state index contributed by atoms with van der Waals surface area (Å²) < 4.78 is 19.0. The molecule has 5 rings (SSSR count). The minimum Gasteiger partial charge on any atom is -0.335 e. The highest BCUT2D eigenvalue weighted by molar-refractivity contribution is 6.14. The maximum atomic E-state index is 14.0. The number of carbonyl (C=O) groups is 1. The van der Waals surface area contributed by atoms with E-state index in [1.165, 1.54) is 12.1 Å². The molecule has 0 spiro atoms. The Hall–Kier alpha value is -4.39. The van der Waals surface area contributed by atoms with Gasteiger partial charge < -0.3 is 9.42 Å². The van der Waals surface area contributed by atoms with Crippen molar-refractivity contribution in [2.45, 2.75) is 13.5 Å². The van der Waals surface area contributed by atoms with Gasteiger partial charge in [0.2, 0.25) is 0 Å². The number of carbonyl (C=O) groups excluding carboxylic acids is 1. The lowest BCUT2D eigenvalue weighted by Crippen LogP contribution is -2.31. The molecule has 7 heteroatoms. The highest BCUT2D eigenvalue weighted by atomic mass is 19.1. The molecule has 0 saturated heterocycles. The van der Waals surface area contributed by atoms with Crippen LogP contribution in [0.1, 0.15) is 21.7 Å². The van der Waals surface area contributed by atoms with Crippen LogP contribution in [0.15, 0.2) is 89.6 Å². The number of fused-ring (bicyclic) bond motifs is 1. The van der Waals surface area contributed by atoms with E-state index in [9.17, 15) is 9.18 Å². The third-order valence-corrected chi connectivity index (χ3v) is 5.35. The highest BCUT2D eigenvalue weighted by Crippen LogP contribution is 2.30. The summed E-state index contributed by atoms with van der Waals surface area (Å²) in [6.07, 6.45) is 1.67. The molecule has 0 aliphatic heterocycles. The Bertz CT molecular complexity index is 1420. The smallest absolute Gasteiger partial charge is 0.259 e. The number of anilines is 1. The van der Waals surface area contributed by atoms with Gasteiger partial charge in [0.05, 0.1) is 34.6 Å². The molecule has 0 radical (unpaired) electrons. The van der Waals surface area contributed by atoms with E-state index in [0.29, 0.717) is 33.7 Å². The first-order valence-corrected chi connectivity index (χ1v) is 10.4. The average Bonchev–Trinajstić information content (AvgIpc) is 3.24. The Labute approximate surface area is 189 Å². The Balaban J connectivity index is 1.66. The van der Waals surface area contributed by atoms with Gasteiger partial charge in [0.25, 0.3) is 11.6 Å². The molecule has 0 saturated carbocycles. The largest absolute Gasteiger partial charge is 0.335 e. The predicted molar refractivity (Wildman–Crippen MR) is 123 cm³/mol. The minimum atomic E-state index is -0.378. The molecular formula is C26H19FN4O2. The quantitative estimate of drug-likeness (QED) is 0.358. The summed E-state index contributed by atoms with van der Waals surface area (Å²) in [6.45, 7) is 1.98. The summed E-state index contributed by atoms with van der Waals surface area (Å²) >= 11 is 0. The van der Waals surface area contributed by atoms with E-state index in [1.54, 1.807) is 36.2 Å². The van der Waals surface area contributed by atoms with E-state index in [-0.39, 0.29) is 24.0 Å². The number of aromatic nitrogens is 3. The first-order valence-electron chi connectivity index (χ1n) is 10.4. The fraction of sp³-hybridized carbons (Fsp3) is 0.0769. The van der Waals surface area contributed by atoms with E-state index in [4.69, 9.17) is 4.52 Å². The topological polar surface area (TPSA) is 72.1 Å². The lowest BCUT2D eigenvalue weighted by atomic mass is 10.0. The monoisotopic (exact) mass is 438 g/mol. The summed E-state index contributed by atoms with van der Waals surface area (Å²) in [5.41, 5.74) is 3.95. The second-order valence-corrected chi connectivity index (χ2v) is 7.56. The van der Waals surface area contributed by atoms with Crippen LogP contribution in [0.5, 0.6) is 0 Å². The van der Waals surface area contributed by atoms with Crippen LogP contribution in [0.4, 0.5) is 10.1 Å². The normalized spacial score (nSPS) is 11.0. The van der Waals surface area contributed by atoms with Gasteiger partial charge in [-0.3, -0.25) is 9.78 Å². The second kappa shape index (κ2) is 8.63. The van der Waals surface area contributed by atoms with Gasteiger partial charge in [0, 0.05) is 17.4 Å². The van der Waals surface area contributed by atoms with E-state index < -0.39 is 0 Å². The minimum absolute atomic E-state index is 0.208. The Kier molecular flexibility index (Phi) is 5.36. The number of rotatable bonds is 5. The van der Waals surface area contributed by atoms with Gasteiger partial charge in [0.15, 0.2) is 0 Å². The van der Waals surface area contributed by atoms with Crippen LogP contribution in [-0.4, -0.2) is 21.0 Å². The van der Waals surface area contributed by atoms with Gasteiger partial charge in [-0.15, -0.1) is 0 Å². The molecule has 0 atom stereocenters. The first-order chi connectivity index (χ1) is 16.1. The Morgan fingerprint density at radius 3 is 2.48 bits per heavy atom. The van der Waals surface area contributed by atoms with Crippen LogP contribution in [-0.2, 0) is 6.54 Å². The van der Waals surface area contributed by atoms with Crippen molar-refractivity contribution in [1.82, 2.24) is 15.1 Å². The molecule has 1 amide bonds. The molecule has 0 bridgehead atoms. The molecule has 5 aromatic rings. The van der Waals surface area contributed by atoms with Crippen molar-refractivity contribution in [2.75, 3.05) is 4.90 Å². The number of hydrogen-bond donors (Lipinski definition) is 0. The zero-order valence-electron chi connectivity index (χ0n) is 17.8. The molecule has 2 aromatic carbocycles. The Morgan fingerprint density at radius 1 is 1.00 bits per heavy atom. The van der Waals surface area contributed by atoms with Crippen molar-refractivity contribution in [2.24, 2.45) is 0 Å².